The first-order chi connectivity index (χ1) is 11.3. The smallest absolute Gasteiger partial charge is 0.170 e. The number of aromatic nitrogens is 1. The zero-order valence-electron chi connectivity index (χ0n) is 13.2. The summed E-state index contributed by atoms with van der Waals surface area (Å²) in [4.78, 5) is 3.30. The third-order valence-corrected chi connectivity index (χ3v) is 4.22. The van der Waals surface area contributed by atoms with Crippen molar-refractivity contribution in [3.05, 3.63) is 65.9 Å². The van der Waals surface area contributed by atoms with E-state index in [1.165, 1.54) is 22.0 Å². The van der Waals surface area contributed by atoms with E-state index in [4.69, 9.17) is 12.2 Å². The van der Waals surface area contributed by atoms with E-state index in [0.29, 0.717) is 5.11 Å². The molecule has 3 nitrogen and oxygen atoms in total. The summed E-state index contributed by atoms with van der Waals surface area (Å²) in [5.74, 6) is 0. The zero-order chi connectivity index (χ0) is 16.1. The fourth-order valence-electron chi connectivity index (χ4n) is 2.65. The molecule has 0 aliphatic rings. The molecule has 3 rings (SSSR count). The molecule has 0 amide bonds. The predicted molar refractivity (Wildman–Crippen MR) is 102 cm³/mol. The highest BCUT2D eigenvalue weighted by molar-refractivity contribution is 7.80. The van der Waals surface area contributed by atoms with Crippen LogP contribution in [0.3, 0.4) is 0 Å². The van der Waals surface area contributed by atoms with Crippen LogP contribution in [0.4, 0.5) is 5.69 Å². The molecule has 0 aliphatic carbocycles. The second-order valence-electron chi connectivity index (χ2n) is 5.54. The van der Waals surface area contributed by atoms with Crippen LogP contribution in [0.2, 0.25) is 0 Å². The lowest BCUT2D eigenvalue weighted by atomic mass is 10.1. The molecule has 3 aromatic rings. The van der Waals surface area contributed by atoms with Crippen LogP contribution in [-0.4, -0.2) is 16.6 Å². The lowest BCUT2D eigenvalue weighted by molar-refractivity contribution is 0.878. The van der Waals surface area contributed by atoms with E-state index in [1.54, 1.807) is 0 Å². The average molecular weight is 323 g/mol. The van der Waals surface area contributed by atoms with Crippen molar-refractivity contribution in [2.75, 3.05) is 11.9 Å². The van der Waals surface area contributed by atoms with Gasteiger partial charge in [-0.15, -0.1) is 0 Å². The predicted octanol–water partition coefficient (Wildman–Crippen LogP) is 4.26. The number of nitrogens with one attached hydrogen (secondary N) is 3. The molecular formula is C19H21N3S. The zero-order valence-corrected chi connectivity index (χ0v) is 14.0. The maximum atomic E-state index is 5.36. The number of H-pyrrole nitrogens is 1. The lowest BCUT2D eigenvalue weighted by Gasteiger charge is -2.10. The van der Waals surface area contributed by atoms with Crippen molar-refractivity contribution in [1.82, 2.24) is 10.3 Å². The Labute approximate surface area is 142 Å². The first-order valence-corrected chi connectivity index (χ1v) is 8.36. The minimum atomic E-state index is 0.661. The molecule has 118 valence electrons. The SMILES string of the molecule is CCc1ccc(NC(=S)NCCc2c[nH]c3ccccc23)cc1. The number of aromatic amines is 1. The fraction of sp³-hybridized carbons (Fsp3) is 0.211. The Morgan fingerprint density at radius 1 is 1.09 bits per heavy atom. The summed E-state index contributed by atoms with van der Waals surface area (Å²) >= 11 is 5.36. The highest BCUT2D eigenvalue weighted by Gasteiger charge is 2.03. The monoisotopic (exact) mass is 323 g/mol. The number of hydrogen-bond donors (Lipinski definition) is 3. The second-order valence-corrected chi connectivity index (χ2v) is 5.95. The first-order valence-electron chi connectivity index (χ1n) is 7.95. The van der Waals surface area contributed by atoms with Crippen LogP contribution in [0.5, 0.6) is 0 Å². The molecule has 0 radical (unpaired) electrons. The van der Waals surface area contributed by atoms with Gasteiger partial charge >= 0.3 is 0 Å². The van der Waals surface area contributed by atoms with Crippen LogP contribution in [-0.2, 0) is 12.8 Å². The first kappa shape index (κ1) is 15.6. The van der Waals surface area contributed by atoms with Crippen LogP contribution in [0.15, 0.2) is 54.7 Å². The summed E-state index contributed by atoms with van der Waals surface area (Å²) < 4.78 is 0. The van der Waals surface area contributed by atoms with Gasteiger partial charge in [-0.25, -0.2) is 0 Å². The van der Waals surface area contributed by atoms with E-state index >= 15 is 0 Å². The van der Waals surface area contributed by atoms with Crippen molar-refractivity contribution in [3.63, 3.8) is 0 Å². The maximum Gasteiger partial charge on any atom is 0.170 e. The molecule has 2 aromatic carbocycles. The van der Waals surface area contributed by atoms with Crippen molar-refractivity contribution in [2.24, 2.45) is 0 Å². The van der Waals surface area contributed by atoms with Gasteiger partial charge in [0.05, 0.1) is 0 Å². The van der Waals surface area contributed by atoms with Crippen molar-refractivity contribution in [1.29, 1.82) is 0 Å². The molecule has 0 atom stereocenters. The number of fused-ring (bicyclic) bond motifs is 1. The fourth-order valence-corrected chi connectivity index (χ4v) is 2.87. The Balaban J connectivity index is 1.51. The van der Waals surface area contributed by atoms with Gasteiger partial charge in [-0.1, -0.05) is 37.3 Å². The van der Waals surface area contributed by atoms with Crippen molar-refractivity contribution >= 4 is 33.9 Å². The lowest BCUT2D eigenvalue weighted by Crippen LogP contribution is -2.30. The number of thiocarbonyl (C=S) groups is 1. The van der Waals surface area contributed by atoms with Crippen LogP contribution < -0.4 is 10.6 Å². The minimum Gasteiger partial charge on any atom is -0.362 e. The molecule has 23 heavy (non-hydrogen) atoms. The summed E-state index contributed by atoms with van der Waals surface area (Å²) in [6, 6.07) is 16.7. The van der Waals surface area contributed by atoms with E-state index in [1.807, 2.05) is 6.07 Å². The average Bonchev–Trinajstić information content (AvgIpc) is 2.99. The highest BCUT2D eigenvalue weighted by atomic mass is 32.1. The van der Waals surface area contributed by atoms with Crippen molar-refractivity contribution in [2.45, 2.75) is 19.8 Å². The maximum absolute atomic E-state index is 5.36. The van der Waals surface area contributed by atoms with Gasteiger partial charge in [0.25, 0.3) is 0 Å². The summed E-state index contributed by atoms with van der Waals surface area (Å²) in [5, 5.41) is 8.43. The Morgan fingerprint density at radius 3 is 2.65 bits per heavy atom. The van der Waals surface area contributed by atoms with Crippen molar-refractivity contribution < 1.29 is 0 Å². The van der Waals surface area contributed by atoms with Gasteiger partial charge < -0.3 is 15.6 Å². The van der Waals surface area contributed by atoms with Crippen LogP contribution >= 0.6 is 12.2 Å². The van der Waals surface area contributed by atoms with Gasteiger partial charge in [-0.2, -0.15) is 0 Å². The van der Waals surface area contributed by atoms with E-state index < -0.39 is 0 Å². The second kappa shape index (κ2) is 7.29. The van der Waals surface area contributed by atoms with E-state index in [2.05, 4.69) is 71.2 Å². The molecule has 0 unspecified atom stereocenters. The topological polar surface area (TPSA) is 39.8 Å². The summed E-state index contributed by atoms with van der Waals surface area (Å²) in [6.45, 7) is 2.96. The number of benzene rings is 2. The van der Waals surface area contributed by atoms with Gasteiger partial charge in [0, 0.05) is 29.3 Å². The minimum absolute atomic E-state index is 0.661. The van der Waals surface area contributed by atoms with Crippen molar-refractivity contribution in [3.8, 4) is 0 Å². The third kappa shape index (κ3) is 3.90. The largest absolute Gasteiger partial charge is 0.362 e. The molecule has 0 spiro atoms. The van der Waals surface area contributed by atoms with Crippen LogP contribution in [0.25, 0.3) is 10.9 Å². The van der Waals surface area contributed by atoms with E-state index in [0.717, 1.165) is 25.1 Å². The quantitative estimate of drug-likeness (QED) is 0.614. The number of para-hydroxylation sites is 1. The molecule has 3 N–H and O–H groups in total. The molecular weight excluding hydrogens is 302 g/mol. The Morgan fingerprint density at radius 2 is 1.87 bits per heavy atom. The summed E-state index contributed by atoms with van der Waals surface area (Å²) in [5.41, 5.74) is 4.84. The molecule has 0 saturated heterocycles. The molecule has 0 fully saturated rings. The number of aryl methyl sites for hydroxylation is 1. The molecule has 0 aliphatic heterocycles. The molecule has 4 heteroatoms. The molecule has 0 saturated carbocycles. The Bertz CT molecular complexity index is 790. The summed E-state index contributed by atoms with van der Waals surface area (Å²) in [7, 11) is 0. The van der Waals surface area contributed by atoms with E-state index in [-0.39, 0.29) is 0 Å². The van der Waals surface area contributed by atoms with Crippen LogP contribution in [0, 0.1) is 0 Å². The van der Waals surface area contributed by atoms with Gasteiger partial charge in [0.1, 0.15) is 0 Å². The number of hydrogen-bond acceptors (Lipinski definition) is 1. The number of anilines is 1. The Kier molecular flexibility index (Phi) is 4.93. The van der Waals surface area contributed by atoms with Gasteiger partial charge in [0.15, 0.2) is 5.11 Å². The normalized spacial score (nSPS) is 10.7. The molecule has 1 aromatic heterocycles. The molecule has 0 bridgehead atoms. The Hall–Kier alpha value is -2.33. The van der Waals surface area contributed by atoms with Gasteiger partial charge in [-0.05, 0) is 54.4 Å². The summed E-state index contributed by atoms with van der Waals surface area (Å²) in [6.07, 6.45) is 4.06. The van der Waals surface area contributed by atoms with Crippen LogP contribution in [0.1, 0.15) is 18.1 Å². The number of rotatable bonds is 5. The highest BCUT2D eigenvalue weighted by Crippen LogP contribution is 2.17. The van der Waals surface area contributed by atoms with Gasteiger partial charge in [0.2, 0.25) is 0 Å². The van der Waals surface area contributed by atoms with E-state index in [9.17, 15) is 0 Å². The van der Waals surface area contributed by atoms with Gasteiger partial charge in [-0.3, -0.25) is 0 Å². The third-order valence-electron chi connectivity index (χ3n) is 3.97. The standard InChI is InChI=1S/C19H21N3S/c1-2-14-7-9-16(10-8-14)22-19(23)20-12-11-15-13-21-18-6-4-3-5-17(15)18/h3-10,13,21H,2,11-12H2,1H3,(H2,20,22,23). The molecule has 1 heterocycles.